The molecule has 4 nitrogen and oxygen atoms in total. The van der Waals surface area contributed by atoms with E-state index in [1.807, 2.05) is 17.0 Å². The number of alkyl halides is 2. The lowest BCUT2D eigenvalue weighted by atomic mass is 9.90. The molecular weight excluding hydrogens is 254 g/mol. The van der Waals surface area contributed by atoms with Crippen molar-refractivity contribution in [3.8, 4) is 0 Å². The second-order valence-corrected chi connectivity index (χ2v) is 4.78. The highest BCUT2D eigenvalue weighted by Gasteiger charge is 2.48. The van der Waals surface area contributed by atoms with E-state index in [2.05, 4.69) is 0 Å². The zero-order chi connectivity index (χ0) is 14.0. The van der Waals surface area contributed by atoms with Crippen LogP contribution in [0.3, 0.4) is 0 Å². The number of anilines is 2. The first-order chi connectivity index (χ1) is 8.91. The number of carboxylic acids is 1. The molecule has 1 aromatic rings. The Morgan fingerprint density at radius 2 is 1.79 bits per heavy atom. The second kappa shape index (κ2) is 5.03. The predicted molar refractivity (Wildman–Crippen MR) is 68.4 cm³/mol. The molecule has 0 spiro atoms. The van der Waals surface area contributed by atoms with Crippen molar-refractivity contribution in [3.05, 3.63) is 24.3 Å². The van der Waals surface area contributed by atoms with Crippen LogP contribution in [0.4, 0.5) is 20.2 Å². The molecule has 19 heavy (non-hydrogen) atoms. The lowest BCUT2D eigenvalue weighted by molar-refractivity contribution is -0.174. The molecule has 1 aliphatic rings. The number of hydrogen-bond donors (Lipinski definition) is 2. The number of nitrogens with two attached hydrogens (primary N) is 1. The van der Waals surface area contributed by atoms with Crippen molar-refractivity contribution >= 4 is 17.3 Å². The molecule has 1 aromatic carbocycles. The molecule has 0 aromatic heterocycles. The van der Waals surface area contributed by atoms with E-state index in [0.29, 0.717) is 18.8 Å². The summed E-state index contributed by atoms with van der Waals surface area (Å²) in [5.74, 6) is -6.75. The van der Waals surface area contributed by atoms with Crippen molar-refractivity contribution < 1.29 is 18.7 Å². The zero-order valence-electron chi connectivity index (χ0n) is 10.4. The molecule has 104 valence electrons. The molecule has 0 amide bonds. The number of carboxylic acid groups (broad SMARTS) is 1. The Labute approximate surface area is 109 Å². The van der Waals surface area contributed by atoms with Crippen LogP contribution in [0, 0.1) is 5.92 Å². The number of aliphatic carboxylic acids is 1. The smallest absolute Gasteiger partial charge is 0.374 e. The third-order valence-electron chi connectivity index (χ3n) is 3.55. The summed E-state index contributed by atoms with van der Waals surface area (Å²) in [4.78, 5) is 12.5. The summed E-state index contributed by atoms with van der Waals surface area (Å²) < 4.78 is 26.8. The maximum atomic E-state index is 13.4. The first-order valence-electron chi connectivity index (χ1n) is 6.13. The summed E-state index contributed by atoms with van der Waals surface area (Å²) in [5, 5.41) is 8.53. The summed E-state index contributed by atoms with van der Waals surface area (Å²) in [5.41, 5.74) is 7.16. The van der Waals surface area contributed by atoms with Crippen molar-refractivity contribution in [3.63, 3.8) is 0 Å². The van der Waals surface area contributed by atoms with Crippen molar-refractivity contribution in [1.29, 1.82) is 0 Å². The summed E-state index contributed by atoms with van der Waals surface area (Å²) in [7, 11) is 0. The topological polar surface area (TPSA) is 66.6 Å². The Hall–Kier alpha value is -1.85. The van der Waals surface area contributed by atoms with Gasteiger partial charge in [-0.3, -0.25) is 0 Å². The minimum absolute atomic E-state index is 0.170. The quantitative estimate of drug-likeness (QED) is 0.826. The summed E-state index contributed by atoms with van der Waals surface area (Å²) >= 11 is 0. The van der Waals surface area contributed by atoms with Gasteiger partial charge in [0.15, 0.2) is 0 Å². The van der Waals surface area contributed by atoms with E-state index in [4.69, 9.17) is 10.8 Å². The van der Waals surface area contributed by atoms with Gasteiger partial charge in [0.05, 0.1) is 0 Å². The lowest BCUT2D eigenvalue weighted by Crippen LogP contribution is -2.44. The molecule has 1 fully saturated rings. The van der Waals surface area contributed by atoms with Crippen LogP contribution in [0.1, 0.15) is 12.8 Å². The summed E-state index contributed by atoms with van der Waals surface area (Å²) in [6, 6.07) is 7.19. The number of rotatable bonds is 3. The normalized spacial score (nSPS) is 17.5. The van der Waals surface area contributed by atoms with Gasteiger partial charge in [0.1, 0.15) is 0 Å². The van der Waals surface area contributed by atoms with Gasteiger partial charge in [-0.1, -0.05) is 0 Å². The minimum atomic E-state index is -3.63. The average molecular weight is 270 g/mol. The second-order valence-electron chi connectivity index (χ2n) is 4.78. The number of halogens is 2. The fourth-order valence-corrected chi connectivity index (χ4v) is 2.36. The van der Waals surface area contributed by atoms with Gasteiger partial charge >= 0.3 is 11.9 Å². The van der Waals surface area contributed by atoms with Crippen molar-refractivity contribution in [1.82, 2.24) is 0 Å². The Balaban J connectivity index is 1.99. The molecule has 1 aliphatic heterocycles. The van der Waals surface area contributed by atoms with Crippen LogP contribution in [-0.2, 0) is 4.79 Å². The third kappa shape index (κ3) is 2.77. The Bertz CT molecular complexity index is 454. The van der Waals surface area contributed by atoms with Gasteiger partial charge < -0.3 is 15.7 Å². The fourth-order valence-electron chi connectivity index (χ4n) is 2.36. The molecule has 0 bridgehead atoms. The molecule has 0 saturated carbocycles. The molecule has 1 saturated heterocycles. The van der Waals surface area contributed by atoms with E-state index in [0.717, 1.165) is 5.69 Å². The van der Waals surface area contributed by atoms with Gasteiger partial charge in [-0.05, 0) is 37.1 Å². The Morgan fingerprint density at radius 1 is 1.26 bits per heavy atom. The first-order valence-corrected chi connectivity index (χ1v) is 6.13. The largest absolute Gasteiger partial charge is 0.477 e. The van der Waals surface area contributed by atoms with Crippen LogP contribution in [-0.4, -0.2) is 30.1 Å². The number of nitrogen functional groups attached to an aromatic ring is 1. The lowest BCUT2D eigenvalue weighted by Gasteiger charge is -2.35. The van der Waals surface area contributed by atoms with E-state index in [1.54, 1.807) is 12.1 Å². The van der Waals surface area contributed by atoms with E-state index in [1.165, 1.54) is 0 Å². The maximum Gasteiger partial charge on any atom is 0.374 e. The molecule has 0 atom stereocenters. The van der Waals surface area contributed by atoms with Crippen LogP contribution in [0.25, 0.3) is 0 Å². The number of carbonyl (C=O) groups is 1. The van der Waals surface area contributed by atoms with Gasteiger partial charge in [-0.2, -0.15) is 8.78 Å². The highest BCUT2D eigenvalue weighted by molar-refractivity contribution is 5.75. The number of nitrogens with zero attached hydrogens (tertiary/aromatic N) is 1. The van der Waals surface area contributed by atoms with Gasteiger partial charge in [-0.15, -0.1) is 0 Å². The van der Waals surface area contributed by atoms with E-state index >= 15 is 0 Å². The molecular formula is C13H16F2N2O2. The van der Waals surface area contributed by atoms with Crippen LogP contribution in [0.5, 0.6) is 0 Å². The molecule has 1 heterocycles. The number of benzene rings is 1. The number of piperidine rings is 1. The van der Waals surface area contributed by atoms with Crippen LogP contribution >= 0.6 is 0 Å². The van der Waals surface area contributed by atoms with Gasteiger partial charge in [0.25, 0.3) is 0 Å². The van der Waals surface area contributed by atoms with Crippen LogP contribution < -0.4 is 10.6 Å². The average Bonchev–Trinajstić information content (AvgIpc) is 2.39. The monoisotopic (exact) mass is 270 g/mol. The van der Waals surface area contributed by atoms with Crippen LogP contribution in [0.15, 0.2) is 24.3 Å². The molecule has 3 N–H and O–H groups in total. The van der Waals surface area contributed by atoms with Gasteiger partial charge in [0.2, 0.25) is 0 Å². The SMILES string of the molecule is Nc1ccc(N2CCC(C(F)(F)C(=O)O)CC2)cc1. The van der Waals surface area contributed by atoms with E-state index in [-0.39, 0.29) is 12.8 Å². The van der Waals surface area contributed by atoms with Crippen molar-refractivity contribution in [2.24, 2.45) is 5.92 Å². The molecule has 6 heteroatoms. The van der Waals surface area contributed by atoms with Gasteiger partial charge in [0, 0.05) is 30.4 Å². The van der Waals surface area contributed by atoms with Crippen molar-refractivity contribution in [2.75, 3.05) is 23.7 Å². The first kappa shape index (κ1) is 13.6. The number of hydrogen-bond acceptors (Lipinski definition) is 3. The molecule has 2 rings (SSSR count). The summed E-state index contributed by atoms with van der Waals surface area (Å²) in [6.45, 7) is 0.856. The molecule has 0 unspecified atom stereocenters. The molecule has 0 radical (unpaired) electrons. The third-order valence-corrected chi connectivity index (χ3v) is 3.55. The fraction of sp³-hybridized carbons (Fsp3) is 0.462. The van der Waals surface area contributed by atoms with E-state index in [9.17, 15) is 13.6 Å². The summed E-state index contributed by atoms with van der Waals surface area (Å²) in [6.07, 6.45) is 0.341. The Morgan fingerprint density at radius 3 is 2.26 bits per heavy atom. The Kier molecular flexibility index (Phi) is 3.59. The standard InChI is InChI=1S/C13H16F2N2O2/c14-13(15,12(18)19)9-5-7-17(8-6-9)11-3-1-10(16)2-4-11/h1-4,9H,5-8,16H2,(H,18,19). The van der Waals surface area contributed by atoms with E-state index < -0.39 is 17.8 Å². The van der Waals surface area contributed by atoms with Gasteiger partial charge in [-0.25, -0.2) is 4.79 Å². The highest BCUT2D eigenvalue weighted by Crippen LogP contribution is 2.34. The minimum Gasteiger partial charge on any atom is -0.477 e. The van der Waals surface area contributed by atoms with Crippen molar-refractivity contribution in [2.45, 2.75) is 18.8 Å². The maximum absolute atomic E-state index is 13.4. The predicted octanol–water partition coefficient (Wildman–Crippen LogP) is 2.21. The highest BCUT2D eigenvalue weighted by atomic mass is 19.3. The van der Waals surface area contributed by atoms with Crippen LogP contribution in [0.2, 0.25) is 0 Å². The molecule has 0 aliphatic carbocycles. The zero-order valence-corrected chi connectivity index (χ0v) is 10.4.